The molecule has 0 aromatic heterocycles. The molecular weight excluding hydrogens is 208 g/mol. The van der Waals surface area contributed by atoms with E-state index in [9.17, 15) is 0 Å². The Morgan fingerprint density at radius 2 is 1.59 bits per heavy atom. The van der Waals surface area contributed by atoms with E-state index in [1.54, 1.807) is 0 Å². The van der Waals surface area contributed by atoms with E-state index in [2.05, 4.69) is 43.3 Å². The van der Waals surface area contributed by atoms with Gasteiger partial charge in [0.05, 0.1) is 0 Å². The van der Waals surface area contributed by atoms with Crippen molar-refractivity contribution in [2.24, 2.45) is 0 Å². The average molecular weight is 224 g/mol. The zero-order chi connectivity index (χ0) is 12.0. The van der Waals surface area contributed by atoms with Crippen molar-refractivity contribution in [1.29, 1.82) is 0 Å². The summed E-state index contributed by atoms with van der Waals surface area (Å²) in [6.07, 6.45) is 0.950. The monoisotopic (exact) mass is 224 g/mol. The van der Waals surface area contributed by atoms with E-state index in [0.29, 0.717) is 0 Å². The Bertz CT molecular complexity index is 585. The van der Waals surface area contributed by atoms with Gasteiger partial charge in [0.2, 0.25) is 0 Å². The molecule has 0 unspecified atom stereocenters. The fraction of sp³-hybridized carbons (Fsp3) is 0.200. The first-order valence-electron chi connectivity index (χ1n) is 5.85. The van der Waals surface area contributed by atoms with Crippen LogP contribution in [0, 0.1) is 0 Å². The van der Waals surface area contributed by atoms with Crippen molar-refractivity contribution in [3.05, 3.63) is 47.5 Å². The number of fused-ring (bicyclic) bond motifs is 3. The first-order chi connectivity index (χ1) is 8.18. The molecule has 86 valence electrons. The minimum absolute atomic E-state index is 0.906. The lowest BCUT2D eigenvalue weighted by Crippen LogP contribution is -2.10. The predicted octanol–water partition coefficient (Wildman–Crippen LogP) is 2.91. The second-order valence-corrected chi connectivity index (χ2v) is 4.75. The molecule has 0 radical (unpaired) electrons. The Morgan fingerprint density at radius 1 is 0.941 bits per heavy atom. The first-order valence-corrected chi connectivity index (χ1v) is 5.85. The van der Waals surface area contributed by atoms with Crippen molar-refractivity contribution in [2.45, 2.75) is 6.42 Å². The lowest BCUT2D eigenvalue weighted by atomic mass is 10.0. The SMILES string of the molecule is CN(C)c1cccc2c1Cc1c(N)cccc1-2. The van der Waals surface area contributed by atoms with E-state index in [0.717, 1.165) is 12.1 Å². The fourth-order valence-electron chi connectivity index (χ4n) is 2.66. The molecule has 0 saturated carbocycles. The summed E-state index contributed by atoms with van der Waals surface area (Å²) < 4.78 is 0. The maximum atomic E-state index is 6.06. The van der Waals surface area contributed by atoms with Gasteiger partial charge in [0.25, 0.3) is 0 Å². The summed E-state index contributed by atoms with van der Waals surface area (Å²) in [5.41, 5.74) is 13.6. The van der Waals surface area contributed by atoms with Crippen LogP contribution in [0.25, 0.3) is 11.1 Å². The molecule has 1 aliphatic carbocycles. The van der Waals surface area contributed by atoms with Crippen LogP contribution < -0.4 is 10.6 Å². The van der Waals surface area contributed by atoms with Crippen LogP contribution in [0.5, 0.6) is 0 Å². The number of nitrogen functional groups attached to an aromatic ring is 1. The number of rotatable bonds is 1. The molecule has 17 heavy (non-hydrogen) atoms. The Balaban J connectivity index is 2.25. The Hall–Kier alpha value is -1.96. The van der Waals surface area contributed by atoms with Crippen LogP contribution in [0.3, 0.4) is 0 Å². The van der Waals surface area contributed by atoms with Gasteiger partial charge in [-0.3, -0.25) is 0 Å². The van der Waals surface area contributed by atoms with Crippen LogP contribution in [-0.2, 0) is 6.42 Å². The third-order valence-electron chi connectivity index (χ3n) is 3.49. The van der Waals surface area contributed by atoms with Gasteiger partial charge in [-0.2, -0.15) is 0 Å². The quantitative estimate of drug-likeness (QED) is 0.644. The topological polar surface area (TPSA) is 29.3 Å². The van der Waals surface area contributed by atoms with Gasteiger partial charge >= 0.3 is 0 Å². The second kappa shape index (κ2) is 3.52. The maximum Gasteiger partial charge on any atom is 0.0403 e. The van der Waals surface area contributed by atoms with Crippen molar-refractivity contribution >= 4 is 11.4 Å². The van der Waals surface area contributed by atoms with Crippen LogP contribution in [0.1, 0.15) is 11.1 Å². The van der Waals surface area contributed by atoms with Gasteiger partial charge in [-0.05, 0) is 34.4 Å². The number of benzene rings is 2. The molecule has 0 bridgehead atoms. The van der Waals surface area contributed by atoms with Crippen LogP contribution in [0.4, 0.5) is 11.4 Å². The van der Waals surface area contributed by atoms with E-state index in [4.69, 9.17) is 5.73 Å². The number of nitrogens with two attached hydrogens (primary N) is 1. The minimum Gasteiger partial charge on any atom is -0.398 e. The van der Waals surface area contributed by atoms with Crippen molar-refractivity contribution in [3.8, 4) is 11.1 Å². The largest absolute Gasteiger partial charge is 0.398 e. The molecule has 2 aromatic carbocycles. The van der Waals surface area contributed by atoms with Crippen LogP contribution >= 0.6 is 0 Å². The smallest absolute Gasteiger partial charge is 0.0403 e. The predicted molar refractivity (Wildman–Crippen MR) is 73.4 cm³/mol. The highest BCUT2D eigenvalue weighted by molar-refractivity contribution is 5.85. The molecule has 0 spiro atoms. The van der Waals surface area contributed by atoms with E-state index in [1.165, 1.54) is 27.9 Å². The molecule has 2 nitrogen and oxygen atoms in total. The van der Waals surface area contributed by atoms with Crippen LogP contribution in [-0.4, -0.2) is 14.1 Å². The van der Waals surface area contributed by atoms with Crippen molar-refractivity contribution < 1.29 is 0 Å². The van der Waals surface area contributed by atoms with Gasteiger partial charge in [0, 0.05) is 31.9 Å². The normalized spacial score (nSPS) is 12.1. The van der Waals surface area contributed by atoms with E-state index in [1.807, 2.05) is 12.1 Å². The summed E-state index contributed by atoms with van der Waals surface area (Å²) in [6.45, 7) is 0. The summed E-state index contributed by atoms with van der Waals surface area (Å²) >= 11 is 0. The summed E-state index contributed by atoms with van der Waals surface area (Å²) in [5, 5.41) is 0. The third-order valence-corrected chi connectivity index (χ3v) is 3.49. The highest BCUT2D eigenvalue weighted by Gasteiger charge is 2.22. The van der Waals surface area contributed by atoms with E-state index in [-0.39, 0.29) is 0 Å². The summed E-state index contributed by atoms with van der Waals surface area (Å²) in [7, 11) is 4.17. The second-order valence-electron chi connectivity index (χ2n) is 4.75. The number of nitrogens with zero attached hydrogens (tertiary/aromatic N) is 1. The molecule has 2 N–H and O–H groups in total. The van der Waals surface area contributed by atoms with Gasteiger partial charge in [-0.15, -0.1) is 0 Å². The standard InChI is InChI=1S/C15H16N2/c1-17(2)15-8-4-6-11-10-5-3-7-14(16)12(10)9-13(11)15/h3-8H,9,16H2,1-2H3. The first kappa shape index (κ1) is 10.2. The van der Waals surface area contributed by atoms with Gasteiger partial charge in [-0.1, -0.05) is 24.3 Å². The minimum atomic E-state index is 0.906. The number of hydrogen-bond acceptors (Lipinski definition) is 2. The lowest BCUT2D eigenvalue weighted by Gasteiger charge is -2.16. The van der Waals surface area contributed by atoms with Crippen molar-refractivity contribution in [3.63, 3.8) is 0 Å². The summed E-state index contributed by atoms with van der Waals surface area (Å²) in [6, 6.07) is 12.7. The Morgan fingerprint density at radius 3 is 2.29 bits per heavy atom. The van der Waals surface area contributed by atoms with Crippen molar-refractivity contribution in [1.82, 2.24) is 0 Å². The van der Waals surface area contributed by atoms with Gasteiger partial charge < -0.3 is 10.6 Å². The third kappa shape index (κ3) is 1.41. The highest BCUT2D eigenvalue weighted by atomic mass is 15.1. The molecule has 0 fully saturated rings. The van der Waals surface area contributed by atoms with Gasteiger partial charge in [0.15, 0.2) is 0 Å². The fourth-order valence-corrected chi connectivity index (χ4v) is 2.66. The molecule has 2 aromatic rings. The van der Waals surface area contributed by atoms with E-state index < -0.39 is 0 Å². The van der Waals surface area contributed by atoms with Crippen molar-refractivity contribution in [2.75, 3.05) is 24.7 Å². The zero-order valence-electron chi connectivity index (χ0n) is 10.2. The molecule has 2 heteroatoms. The zero-order valence-corrected chi connectivity index (χ0v) is 10.2. The van der Waals surface area contributed by atoms with Gasteiger partial charge in [-0.25, -0.2) is 0 Å². The summed E-state index contributed by atoms with van der Waals surface area (Å²) in [5.74, 6) is 0. The molecule has 0 heterocycles. The van der Waals surface area contributed by atoms with Crippen LogP contribution in [0.2, 0.25) is 0 Å². The molecule has 1 aliphatic rings. The molecule has 0 atom stereocenters. The molecule has 0 amide bonds. The molecule has 3 rings (SSSR count). The molecule has 0 saturated heterocycles. The van der Waals surface area contributed by atoms with Crippen LogP contribution in [0.15, 0.2) is 36.4 Å². The number of hydrogen-bond donors (Lipinski definition) is 1. The van der Waals surface area contributed by atoms with Gasteiger partial charge in [0.1, 0.15) is 0 Å². The molecule has 0 aliphatic heterocycles. The Kier molecular flexibility index (Phi) is 2.11. The molecular formula is C15H16N2. The lowest BCUT2D eigenvalue weighted by molar-refractivity contribution is 1.10. The highest BCUT2D eigenvalue weighted by Crippen LogP contribution is 2.42. The summed E-state index contributed by atoms with van der Waals surface area (Å²) in [4.78, 5) is 2.17. The van der Waals surface area contributed by atoms with E-state index >= 15 is 0 Å². The average Bonchev–Trinajstić information content (AvgIpc) is 2.69. The number of anilines is 2. The maximum absolute atomic E-state index is 6.06. The Labute approximate surface area is 102 Å².